The van der Waals surface area contributed by atoms with E-state index in [4.69, 9.17) is 0 Å². The molecule has 0 aromatic heterocycles. The third-order valence-corrected chi connectivity index (χ3v) is 4.56. The molecule has 0 bridgehead atoms. The van der Waals surface area contributed by atoms with Crippen LogP contribution in [-0.4, -0.2) is 11.9 Å². The number of anilines is 2. The van der Waals surface area contributed by atoms with Crippen molar-refractivity contribution in [1.82, 2.24) is 0 Å². The Morgan fingerprint density at radius 3 is 2.57 bits per heavy atom. The van der Waals surface area contributed by atoms with E-state index in [1.807, 2.05) is 38.1 Å². The maximum atomic E-state index is 12.5. The number of benzene rings is 2. The van der Waals surface area contributed by atoms with Gasteiger partial charge in [-0.3, -0.25) is 4.79 Å². The number of rotatable bonds is 4. The summed E-state index contributed by atoms with van der Waals surface area (Å²) in [5.41, 5.74) is 5.86. The zero-order chi connectivity index (χ0) is 16.2. The number of para-hydroxylation sites is 1. The molecule has 0 heterocycles. The summed E-state index contributed by atoms with van der Waals surface area (Å²) >= 11 is 0. The second-order valence-corrected chi connectivity index (χ2v) is 6.32. The summed E-state index contributed by atoms with van der Waals surface area (Å²) in [7, 11) is 0. The van der Waals surface area contributed by atoms with E-state index < -0.39 is 0 Å². The van der Waals surface area contributed by atoms with Gasteiger partial charge in [0, 0.05) is 11.4 Å². The lowest BCUT2D eigenvalue weighted by Crippen LogP contribution is -2.32. The van der Waals surface area contributed by atoms with Crippen molar-refractivity contribution in [2.24, 2.45) is 0 Å². The van der Waals surface area contributed by atoms with Crippen LogP contribution in [0.3, 0.4) is 0 Å². The molecule has 2 N–H and O–H groups in total. The van der Waals surface area contributed by atoms with Crippen molar-refractivity contribution in [1.29, 1.82) is 0 Å². The Hall–Kier alpha value is -2.29. The van der Waals surface area contributed by atoms with E-state index in [9.17, 15) is 4.79 Å². The molecule has 3 rings (SSSR count). The Labute approximate surface area is 138 Å². The molecule has 120 valence electrons. The van der Waals surface area contributed by atoms with Gasteiger partial charge >= 0.3 is 0 Å². The number of amides is 1. The van der Waals surface area contributed by atoms with Gasteiger partial charge in [0.2, 0.25) is 5.91 Å². The van der Waals surface area contributed by atoms with Crippen molar-refractivity contribution in [3.8, 4) is 0 Å². The normalized spacial score (nSPS) is 14.7. The minimum atomic E-state index is -0.275. The van der Waals surface area contributed by atoms with E-state index >= 15 is 0 Å². The van der Waals surface area contributed by atoms with Crippen LogP contribution in [-0.2, 0) is 17.6 Å². The first-order valence-electron chi connectivity index (χ1n) is 8.39. The van der Waals surface area contributed by atoms with Gasteiger partial charge in [-0.15, -0.1) is 0 Å². The predicted octanol–water partition coefficient (Wildman–Crippen LogP) is 4.31. The summed E-state index contributed by atoms with van der Waals surface area (Å²) in [4.78, 5) is 12.5. The fourth-order valence-electron chi connectivity index (χ4n) is 3.17. The zero-order valence-electron chi connectivity index (χ0n) is 13.9. The lowest BCUT2D eigenvalue weighted by atomic mass is 9.90. The number of fused-ring (bicyclic) bond motifs is 1. The lowest BCUT2D eigenvalue weighted by molar-refractivity contribution is -0.116. The van der Waals surface area contributed by atoms with Crippen molar-refractivity contribution in [3.05, 3.63) is 59.2 Å². The molecule has 3 nitrogen and oxygen atoms in total. The van der Waals surface area contributed by atoms with Gasteiger partial charge in [-0.2, -0.15) is 0 Å². The highest BCUT2D eigenvalue weighted by Crippen LogP contribution is 2.28. The fraction of sp³-hybridized carbons (Fsp3) is 0.350. The van der Waals surface area contributed by atoms with Gasteiger partial charge in [-0.25, -0.2) is 0 Å². The summed E-state index contributed by atoms with van der Waals surface area (Å²) in [5, 5.41) is 6.41. The first-order chi connectivity index (χ1) is 11.1. The highest BCUT2D eigenvalue weighted by atomic mass is 16.2. The molecule has 0 aliphatic heterocycles. The molecule has 1 aliphatic rings. The molecule has 1 unspecified atom stereocenters. The number of hydrogen-bond donors (Lipinski definition) is 2. The molecule has 0 radical (unpaired) electrons. The van der Waals surface area contributed by atoms with Crippen molar-refractivity contribution >= 4 is 17.3 Å². The van der Waals surface area contributed by atoms with Crippen LogP contribution in [0.5, 0.6) is 0 Å². The monoisotopic (exact) mass is 308 g/mol. The average Bonchev–Trinajstić information content (AvgIpc) is 2.57. The largest absolute Gasteiger partial charge is 0.374 e. The standard InChI is InChI=1S/C20H24N2O/c1-14-8-3-6-12-18(14)22-20(23)15(2)21-19-13-7-10-16-9-4-5-11-17(16)19/h3,6-8,10,12-13,15,21H,4-5,9,11H2,1-2H3,(H,22,23). The Morgan fingerprint density at radius 1 is 1.00 bits per heavy atom. The topological polar surface area (TPSA) is 41.1 Å². The van der Waals surface area contributed by atoms with Gasteiger partial charge < -0.3 is 10.6 Å². The van der Waals surface area contributed by atoms with Crippen LogP contribution in [0.25, 0.3) is 0 Å². The van der Waals surface area contributed by atoms with Crippen LogP contribution < -0.4 is 10.6 Å². The molecule has 0 saturated heterocycles. The molecular formula is C20H24N2O. The molecule has 1 aliphatic carbocycles. The van der Waals surface area contributed by atoms with Crippen LogP contribution in [0.1, 0.15) is 36.5 Å². The summed E-state index contributed by atoms with van der Waals surface area (Å²) in [5.74, 6) is -0.00675. The van der Waals surface area contributed by atoms with Crippen LogP contribution in [0.4, 0.5) is 11.4 Å². The highest BCUT2D eigenvalue weighted by Gasteiger charge is 2.17. The van der Waals surface area contributed by atoms with Crippen LogP contribution in [0.2, 0.25) is 0 Å². The van der Waals surface area contributed by atoms with E-state index in [1.165, 1.54) is 24.0 Å². The minimum absolute atomic E-state index is 0.00675. The van der Waals surface area contributed by atoms with E-state index in [0.717, 1.165) is 29.8 Å². The minimum Gasteiger partial charge on any atom is -0.374 e. The van der Waals surface area contributed by atoms with Crippen LogP contribution in [0, 0.1) is 6.92 Å². The average molecular weight is 308 g/mol. The van der Waals surface area contributed by atoms with E-state index in [-0.39, 0.29) is 11.9 Å². The second-order valence-electron chi connectivity index (χ2n) is 6.32. The third-order valence-electron chi connectivity index (χ3n) is 4.56. The van der Waals surface area contributed by atoms with Crippen molar-refractivity contribution < 1.29 is 4.79 Å². The van der Waals surface area contributed by atoms with Crippen LogP contribution in [0.15, 0.2) is 42.5 Å². The second kappa shape index (κ2) is 6.86. The highest BCUT2D eigenvalue weighted by molar-refractivity contribution is 5.96. The summed E-state index contributed by atoms with van der Waals surface area (Å²) < 4.78 is 0. The van der Waals surface area contributed by atoms with Gasteiger partial charge in [-0.1, -0.05) is 30.3 Å². The molecule has 1 atom stereocenters. The van der Waals surface area contributed by atoms with Crippen molar-refractivity contribution in [3.63, 3.8) is 0 Å². The SMILES string of the molecule is Cc1ccccc1NC(=O)C(C)Nc1cccc2c1CCCC2. The Morgan fingerprint density at radius 2 is 1.74 bits per heavy atom. The Bertz CT molecular complexity index is 709. The van der Waals surface area contributed by atoms with Gasteiger partial charge in [0.05, 0.1) is 0 Å². The molecule has 2 aromatic carbocycles. The summed E-state index contributed by atoms with van der Waals surface area (Å²) in [6, 6.07) is 13.9. The van der Waals surface area contributed by atoms with E-state index in [2.05, 4.69) is 28.8 Å². The Balaban J connectivity index is 1.71. The third kappa shape index (κ3) is 3.55. The van der Waals surface area contributed by atoms with Crippen molar-refractivity contribution in [2.45, 2.75) is 45.6 Å². The molecule has 0 saturated carbocycles. The first-order valence-corrected chi connectivity index (χ1v) is 8.39. The molecule has 1 amide bonds. The number of aryl methyl sites for hydroxylation is 2. The maximum Gasteiger partial charge on any atom is 0.246 e. The van der Waals surface area contributed by atoms with Gasteiger partial charge in [0.15, 0.2) is 0 Å². The number of carbonyl (C=O) groups excluding carboxylic acids is 1. The molecule has 0 fully saturated rings. The van der Waals surface area contributed by atoms with E-state index in [0.29, 0.717) is 0 Å². The quantitative estimate of drug-likeness (QED) is 0.883. The first kappa shape index (κ1) is 15.6. The number of nitrogens with one attached hydrogen (secondary N) is 2. The van der Waals surface area contributed by atoms with Gasteiger partial charge in [0.25, 0.3) is 0 Å². The number of carbonyl (C=O) groups is 1. The maximum absolute atomic E-state index is 12.5. The Kier molecular flexibility index (Phi) is 4.65. The molecule has 2 aromatic rings. The smallest absolute Gasteiger partial charge is 0.246 e. The van der Waals surface area contributed by atoms with Gasteiger partial charge in [-0.05, 0) is 68.4 Å². The zero-order valence-corrected chi connectivity index (χ0v) is 13.9. The fourth-order valence-corrected chi connectivity index (χ4v) is 3.17. The van der Waals surface area contributed by atoms with Gasteiger partial charge in [0.1, 0.15) is 6.04 Å². The van der Waals surface area contributed by atoms with E-state index in [1.54, 1.807) is 0 Å². The molecule has 3 heteroatoms. The van der Waals surface area contributed by atoms with Crippen molar-refractivity contribution in [2.75, 3.05) is 10.6 Å². The number of hydrogen-bond acceptors (Lipinski definition) is 2. The molecule has 0 spiro atoms. The van der Waals surface area contributed by atoms with Crippen LogP contribution >= 0.6 is 0 Å². The molecule has 23 heavy (non-hydrogen) atoms. The predicted molar refractivity (Wildman–Crippen MR) is 96.0 cm³/mol. The lowest BCUT2D eigenvalue weighted by Gasteiger charge is -2.23. The summed E-state index contributed by atoms with van der Waals surface area (Å²) in [6.45, 7) is 3.91. The molecular weight excluding hydrogens is 284 g/mol. The summed E-state index contributed by atoms with van der Waals surface area (Å²) in [6.07, 6.45) is 4.74.